The van der Waals surface area contributed by atoms with Crippen LogP contribution in [0.25, 0.3) is 0 Å². The highest BCUT2D eigenvalue weighted by Gasteiger charge is 2.19. The lowest BCUT2D eigenvalue weighted by molar-refractivity contribution is -0.147. The second-order valence-electron chi connectivity index (χ2n) is 18.0. The highest BCUT2D eigenvalue weighted by atomic mass is 16.5. The summed E-state index contributed by atoms with van der Waals surface area (Å²) >= 11 is 0. The van der Waals surface area contributed by atoms with Crippen molar-refractivity contribution in [3.63, 3.8) is 0 Å². The van der Waals surface area contributed by atoms with E-state index in [9.17, 15) is 19.2 Å². The molecule has 0 aromatic heterocycles. The van der Waals surface area contributed by atoms with E-state index in [4.69, 9.17) is 14.9 Å². The quantitative estimate of drug-likeness (QED) is 0.0271. The zero-order chi connectivity index (χ0) is 44.7. The van der Waals surface area contributed by atoms with Crippen LogP contribution in [0, 0.1) is 0 Å². The van der Waals surface area contributed by atoms with E-state index >= 15 is 0 Å². The van der Waals surface area contributed by atoms with Gasteiger partial charge in [0, 0.05) is 12.8 Å². The van der Waals surface area contributed by atoms with Crippen molar-refractivity contribution in [1.82, 2.24) is 10.6 Å². The number of aliphatic carboxylic acids is 1. The van der Waals surface area contributed by atoms with E-state index in [-0.39, 0.29) is 24.5 Å². The molecule has 9 heteroatoms. The van der Waals surface area contributed by atoms with Gasteiger partial charge in [-0.3, -0.25) is 14.4 Å². The topological polar surface area (TPSA) is 142 Å². The summed E-state index contributed by atoms with van der Waals surface area (Å²) in [4.78, 5) is 47.6. The van der Waals surface area contributed by atoms with Crippen LogP contribution in [0.2, 0.25) is 0 Å². The number of hydrogen-bond acceptors (Lipinski definition) is 6. The third kappa shape index (κ3) is 44.0. The molecular formula is C52H98N2O7. The molecule has 61 heavy (non-hydrogen) atoms. The maximum absolute atomic E-state index is 12.8. The minimum Gasteiger partial charge on any atom is -0.480 e. The normalized spacial score (nSPS) is 12.4. The van der Waals surface area contributed by atoms with Gasteiger partial charge in [-0.25, -0.2) is 4.79 Å². The average Bonchev–Trinajstić information content (AvgIpc) is 3.25. The van der Waals surface area contributed by atoms with Gasteiger partial charge in [-0.15, -0.1) is 0 Å². The van der Waals surface area contributed by atoms with Crippen LogP contribution in [-0.4, -0.2) is 59.3 Å². The number of aliphatic hydroxyl groups excluding tert-OH is 1. The van der Waals surface area contributed by atoms with Crippen molar-refractivity contribution in [1.29, 1.82) is 0 Å². The Morgan fingerprint density at radius 3 is 1.28 bits per heavy atom. The molecule has 9 nitrogen and oxygen atoms in total. The van der Waals surface area contributed by atoms with Gasteiger partial charge in [0.05, 0.1) is 13.2 Å². The Morgan fingerprint density at radius 1 is 0.492 bits per heavy atom. The predicted molar refractivity (Wildman–Crippen MR) is 255 cm³/mol. The highest BCUT2D eigenvalue weighted by Crippen LogP contribution is 2.18. The van der Waals surface area contributed by atoms with Crippen LogP contribution in [0.4, 0.5) is 0 Å². The number of nitrogens with one attached hydrogen (secondary N) is 2. The summed E-state index contributed by atoms with van der Waals surface area (Å²) in [6, 6.07) is -1.38. The Kier molecular flexibility index (Phi) is 45.2. The Labute approximate surface area is 375 Å². The molecule has 0 saturated carbocycles. The van der Waals surface area contributed by atoms with Crippen LogP contribution in [0.3, 0.4) is 0 Å². The van der Waals surface area contributed by atoms with Crippen LogP contribution in [-0.2, 0) is 23.9 Å². The summed E-state index contributed by atoms with van der Waals surface area (Å²) in [6.45, 7) is 3.51. The molecule has 0 fully saturated rings. The number of allylic oxidation sites excluding steroid dienone is 1. The van der Waals surface area contributed by atoms with Crippen molar-refractivity contribution in [2.24, 2.45) is 0 Å². The molecule has 0 spiro atoms. The molecule has 2 atom stereocenters. The summed E-state index contributed by atoms with van der Waals surface area (Å²) in [5.41, 5.74) is 0. The maximum Gasteiger partial charge on any atom is 0.328 e. The molecule has 2 amide bonds. The van der Waals surface area contributed by atoms with Gasteiger partial charge in [0.2, 0.25) is 11.8 Å². The Balaban J connectivity index is 4.07. The third-order valence-electron chi connectivity index (χ3n) is 12.0. The number of hydrogen-bond donors (Lipinski definition) is 4. The number of aliphatic hydroxyl groups is 1. The minimum atomic E-state index is -1.38. The molecule has 0 aromatic rings. The van der Waals surface area contributed by atoms with Crippen molar-refractivity contribution in [2.75, 3.05) is 13.2 Å². The summed E-state index contributed by atoms with van der Waals surface area (Å²) in [7, 11) is 0. The Bertz CT molecular complexity index is 1040. The first-order valence-electron chi connectivity index (χ1n) is 26.1. The molecule has 0 saturated heterocycles. The van der Waals surface area contributed by atoms with Gasteiger partial charge < -0.3 is 25.6 Å². The van der Waals surface area contributed by atoms with Gasteiger partial charge in [-0.1, -0.05) is 225 Å². The monoisotopic (exact) mass is 863 g/mol. The number of carbonyl (C=O) groups excluding carboxylic acids is 3. The first-order valence-corrected chi connectivity index (χ1v) is 26.1. The standard InChI is InChI=1S/C52H98N2O7/c1-3-5-7-9-11-13-14-15-16-17-18-19-20-21-22-23-24-25-26-28-30-36-40-44-51(58)61-47(41-37-33-29-27-12-10-8-6-4-2)42-38-34-31-32-35-39-43-49(56)53-45-50(57)54-48(46-55)52(59)60/h37,41,47-48,55H,3-36,38-40,42-46H2,1-2H3,(H,53,56)(H,54,57)(H,59,60)/b41-37-. The van der Waals surface area contributed by atoms with Crippen molar-refractivity contribution in [3.8, 4) is 0 Å². The Hall–Kier alpha value is -2.42. The molecule has 2 unspecified atom stereocenters. The lowest BCUT2D eigenvalue weighted by Gasteiger charge is -2.15. The summed E-state index contributed by atoms with van der Waals surface area (Å²) in [6.07, 6.45) is 52.9. The van der Waals surface area contributed by atoms with E-state index in [1.807, 2.05) is 0 Å². The molecule has 0 aliphatic rings. The van der Waals surface area contributed by atoms with Crippen LogP contribution in [0.15, 0.2) is 12.2 Å². The number of rotatable bonds is 48. The zero-order valence-electron chi connectivity index (χ0n) is 39.9. The maximum atomic E-state index is 12.8. The van der Waals surface area contributed by atoms with Crippen LogP contribution in [0.1, 0.15) is 271 Å². The van der Waals surface area contributed by atoms with Crippen LogP contribution >= 0.6 is 0 Å². The number of ether oxygens (including phenoxy) is 1. The number of carboxylic acids is 1. The largest absolute Gasteiger partial charge is 0.480 e. The average molecular weight is 863 g/mol. The van der Waals surface area contributed by atoms with Gasteiger partial charge in [-0.05, 0) is 44.6 Å². The van der Waals surface area contributed by atoms with E-state index in [2.05, 4.69) is 36.6 Å². The zero-order valence-corrected chi connectivity index (χ0v) is 39.9. The van der Waals surface area contributed by atoms with Crippen molar-refractivity contribution in [2.45, 2.75) is 283 Å². The Morgan fingerprint density at radius 2 is 0.869 bits per heavy atom. The molecule has 0 aromatic carbocycles. The minimum absolute atomic E-state index is 0.0695. The van der Waals surface area contributed by atoms with Gasteiger partial charge in [0.25, 0.3) is 0 Å². The number of esters is 1. The second-order valence-corrected chi connectivity index (χ2v) is 18.0. The highest BCUT2D eigenvalue weighted by molar-refractivity contribution is 5.87. The van der Waals surface area contributed by atoms with Crippen molar-refractivity contribution in [3.05, 3.63) is 12.2 Å². The summed E-state index contributed by atoms with van der Waals surface area (Å²) < 4.78 is 5.98. The smallest absolute Gasteiger partial charge is 0.328 e. The van der Waals surface area contributed by atoms with Crippen molar-refractivity contribution < 1.29 is 34.1 Å². The van der Waals surface area contributed by atoms with E-state index in [1.54, 1.807) is 0 Å². The molecule has 4 N–H and O–H groups in total. The fourth-order valence-corrected chi connectivity index (χ4v) is 7.98. The van der Waals surface area contributed by atoms with Crippen LogP contribution < -0.4 is 10.6 Å². The second kappa shape index (κ2) is 47.1. The lowest BCUT2D eigenvalue weighted by Crippen LogP contribution is -2.47. The first kappa shape index (κ1) is 58.6. The SMILES string of the molecule is CCCCCCCCC/C=C\C(CCCCCCCCC(=O)NCC(=O)NC(CO)C(=O)O)OC(=O)CCCCCCCCCCCCCCCCCCCCCCCCC. The molecule has 358 valence electrons. The van der Waals surface area contributed by atoms with E-state index in [0.29, 0.717) is 19.3 Å². The van der Waals surface area contributed by atoms with Gasteiger partial charge in [0.15, 0.2) is 0 Å². The number of carboxylic acid groups (broad SMARTS) is 1. The van der Waals surface area contributed by atoms with Crippen molar-refractivity contribution >= 4 is 23.8 Å². The molecular weight excluding hydrogens is 765 g/mol. The van der Waals surface area contributed by atoms with Gasteiger partial charge in [0.1, 0.15) is 12.1 Å². The number of unbranched alkanes of at least 4 members (excludes halogenated alkanes) is 34. The fourth-order valence-electron chi connectivity index (χ4n) is 7.98. The first-order chi connectivity index (χ1) is 29.8. The van der Waals surface area contributed by atoms with E-state index in [1.165, 1.54) is 180 Å². The number of carbonyl (C=O) groups is 4. The molecule has 0 aliphatic carbocycles. The van der Waals surface area contributed by atoms with E-state index < -0.39 is 24.5 Å². The predicted octanol–water partition coefficient (Wildman–Crippen LogP) is 13.8. The number of amides is 2. The molecule has 0 bridgehead atoms. The van der Waals surface area contributed by atoms with Gasteiger partial charge >= 0.3 is 11.9 Å². The van der Waals surface area contributed by atoms with Crippen LogP contribution in [0.5, 0.6) is 0 Å². The molecule has 0 heterocycles. The summed E-state index contributed by atoms with van der Waals surface area (Å²) in [5.74, 6) is -2.30. The fraction of sp³-hybridized carbons (Fsp3) is 0.885. The van der Waals surface area contributed by atoms with E-state index in [0.717, 1.165) is 57.8 Å². The lowest BCUT2D eigenvalue weighted by atomic mass is 10.0. The third-order valence-corrected chi connectivity index (χ3v) is 12.0. The molecule has 0 rings (SSSR count). The van der Waals surface area contributed by atoms with Gasteiger partial charge in [-0.2, -0.15) is 0 Å². The summed E-state index contributed by atoms with van der Waals surface area (Å²) in [5, 5.41) is 22.6. The molecule has 0 radical (unpaired) electrons. The molecule has 0 aliphatic heterocycles.